The second-order valence-corrected chi connectivity index (χ2v) is 15.2. The average Bonchev–Trinajstić information content (AvgIpc) is 3.33. The van der Waals surface area contributed by atoms with Crippen LogP contribution in [0.3, 0.4) is 0 Å². The molecule has 1 aliphatic rings. The molecule has 0 spiro atoms. The zero-order chi connectivity index (χ0) is 18.8. The number of benzene rings is 2. The van der Waals surface area contributed by atoms with Crippen LogP contribution in [0.2, 0.25) is 5.04 Å². The van der Waals surface area contributed by atoms with Crippen molar-refractivity contribution in [2.75, 3.05) is 6.61 Å². The van der Waals surface area contributed by atoms with Gasteiger partial charge in [0.05, 0.1) is 3.39 Å². The fourth-order valence-electron chi connectivity index (χ4n) is 3.82. The molecule has 2 aromatic carbocycles. The van der Waals surface area contributed by atoms with Crippen molar-refractivity contribution in [1.82, 2.24) is 0 Å². The Hall–Kier alpha value is -0.683. The van der Waals surface area contributed by atoms with Gasteiger partial charge in [-0.25, -0.2) is 0 Å². The maximum Gasteiger partial charge on any atom is 0.261 e. The molecule has 2 atom stereocenters. The van der Waals surface area contributed by atoms with Crippen LogP contribution in [-0.4, -0.2) is 14.9 Å². The summed E-state index contributed by atoms with van der Waals surface area (Å²) in [4.78, 5) is 0. The standard InChI is InChI=1S/C22H26Br2OSi/c1-22(2,3)26(19-10-6-4-7-11-19,20-12-8-5-9-13-20)25-16-18-14-17(18)15-21(23)24/h4-13,15,17-18H,14,16H2,1-3H3. The second kappa shape index (κ2) is 8.13. The Morgan fingerprint density at radius 1 is 1.00 bits per heavy atom. The Kier molecular flexibility index (Phi) is 6.28. The summed E-state index contributed by atoms with van der Waals surface area (Å²) < 4.78 is 8.03. The fourth-order valence-corrected chi connectivity index (χ4v) is 9.12. The first kappa shape index (κ1) is 20.1. The molecule has 0 amide bonds. The number of hydrogen-bond donors (Lipinski definition) is 0. The van der Waals surface area contributed by atoms with Crippen LogP contribution in [-0.2, 0) is 4.43 Å². The van der Waals surface area contributed by atoms with Crippen LogP contribution in [0.1, 0.15) is 27.2 Å². The minimum Gasteiger partial charge on any atom is -0.407 e. The maximum atomic E-state index is 6.98. The first-order valence-electron chi connectivity index (χ1n) is 9.12. The first-order chi connectivity index (χ1) is 12.3. The van der Waals surface area contributed by atoms with Gasteiger partial charge in [0, 0.05) is 6.61 Å². The predicted molar refractivity (Wildman–Crippen MR) is 121 cm³/mol. The topological polar surface area (TPSA) is 9.23 Å². The van der Waals surface area contributed by atoms with E-state index in [1.54, 1.807) is 0 Å². The van der Waals surface area contributed by atoms with Gasteiger partial charge in [-0.15, -0.1) is 0 Å². The van der Waals surface area contributed by atoms with Crippen LogP contribution in [0.15, 0.2) is 70.1 Å². The normalized spacial score (nSPS) is 19.9. The molecule has 0 heterocycles. The van der Waals surface area contributed by atoms with Gasteiger partial charge in [0.25, 0.3) is 8.32 Å². The number of hydrogen-bond acceptors (Lipinski definition) is 1. The van der Waals surface area contributed by atoms with Crippen LogP contribution in [0, 0.1) is 11.8 Å². The van der Waals surface area contributed by atoms with E-state index in [2.05, 4.69) is 119 Å². The molecule has 1 aliphatic carbocycles. The summed E-state index contributed by atoms with van der Waals surface area (Å²) in [6.07, 6.45) is 3.46. The van der Waals surface area contributed by atoms with Crippen molar-refractivity contribution in [3.8, 4) is 0 Å². The molecule has 0 N–H and O–H groups in total. The molecular formula is C22H26Br2OSi. The molecular weight excluding hydrogens is 468 g/mol. The van der Waals surface area contributed by atoms with Gasteiger partial charge >= 0.3 is 0 Å². The summed E-state index contributed by atoms with van der Waals surface area (Å²) in [7, 11) is -2.39. The lowest BCUT2D eigenvalue weighted by Gasteiger charge is -2.43. The number of allylic oxidation sites excluding steroid dienone is 1. The molecule has 0 aromatic heterocycles. The summed E-state index contributed by atoms with van der Waals surface area (Å²) >= 11 is 6.97. The van der Waals surface area contributed by atoms with Crippen molar-refractivity contribution in [2.24, 2.45) is 11.8 Å². The van der Waals surface area contributed by atoms with E-state index in [-0.39, 0.29) is 5.04 Å². The van der Waals surface area contributed by atoms with E-state index in [9.17, 15) is 0 Å². The zero-order valence-electron chi connectivity index (χ0n) is 15.6. The smallest absolute Gasteiger partial charge is 0.261 e. The molecule has 0 saturated heterocycles. The van der Waals surface area contributed by atoms with E-state index >= 15 is 0 Å². The maximum absolute atomic E-state index is 6.98. The lowest BCUT2D eigenvalue weighted by atomic mass is 10.2. The molecule has 0 aliphatic heterocycles. The second-order valence-electron chi connectivity index (χ2n) is 8.09. The van der Waals surface area contributed by atoms with Crippen molar-refractivity contribution < 1.29 is 4.43 Å². The molecule has 138 valence electrons. The highest BCUT2D eigenvalue weighted by atomic mass is 79.9. The van der Waals surface area contributed by atoms with Crippen LogP contribution in [0.25, 0.3) is 0 Å². The lowest BCUT2D eigenvalue weighted by molar-refractivity contribution is 0.277. The third kappa shape index (κ3) is 4.24. The highest BCUT2D eigenvalue weighted by Crippen LogP contribution is 2.44. The van der Waals surface area contributed by atoms with E-state index < -0.39 is 8.32 Å². The van der Waals surface area contributed by atoms with Crippen LogP contribution < -0.4 is 10.4 Å². The SMILES string of the molecule is CC(C)(C)[Si](OCC1CC1C=C(Br)Br)(c1ccccc1)c1ccccc1. The van der Waals surface area contributed by atoms with Gasteiger partial charge in [-0.2, -0.15) is 0 Å². The molecule has 0 radical (unpaired) electrons. The zero-order valence-corrected chi connectivity index (χ0v) is 19.8. The van der Waals surface area contributed by atoms with Gasteiger partial charge in [-0.05, 0) is 65.5 Å². The largest absolute Gasteiger partial charge is 0.407 e. The molecule has 3 rings (SSSR count). The molecule has 2 unspecified atom stereocenters. The summed E-state index contributed by atoms with van der Waals surface area (Å²) in [5, 5.41) is 2.76. The average molecular weight is 494 g/mol. The summed E-state index contributed by atoms with van der Waals surface area (Å²) in [5.41, 5.74) is 0. The highest BCUT2D eigenvalue weighted by molar-refractivity contribution is 9.28. The van der Waals surface area contributed by atoms with Gasteiger partial charge < -0.3 is 4.43 Å². The van der Waals surface area contributed by atoms with Crippen LogP contribution in [0.5, 0.6) is 0 Å². The van der Waals surface area contributed by atoms with Crippen molar-refractivity contribution in [3.05, 3.63) is 70.1 Å². The lowest BCUT2D eigenvalue weighted by Crippen LogP contribution is -2.66. The van der Waals surface area contributed by atoms with Gasteiger partial charge in [-0.3, -0.25) is 0 Å². The molecule has 1 fully saturated rings. The van der Waals surface area contributed by atoms with E-state index in [1.807, 2.05) is 0 Å². The Morgan fingerprint density at radius 3 is 1.92 bits per heavy atom. The molecule has 1 saturated carbocycles. The Bertz CT molecular complexity index is 709. The summed E-state index contributed by atoms with van der Waals surface area (Å²) in [6.45, 7) is 7.82. The molecule has 4 heteroatoms. The molecule has 2 aromatic rings. The minimum absolute atomic E-state index is 0.0476. The van der Waals surface area contributed by atoms with E-state index in [0.29, 0.717) is 11.8 Å². The van der Waals surface area contributed by atoms with Crippen molar-refractivity contribution in [3.63, 3.8) is 0 Å². The van der Waals surface area contributed by atoms with Gasteiger partial charge in [0.2, 0.25) is 0 Å². The summed E-state index contributed by atoms with van der Waals surface area (Å²) in [6, 6.07) is 21.7. The number of rotatable bonds is 6. The van der Waals surface area contributed by atoms with Crippen molar-refractivity contribution in [2.45, 2.75) is 32.2 Å². The van der Waals surface area contributed by atoms with E-state index in [0.717, 1.165) is 10.00 Å². The first-order valence-corrected chi connectivity index (χ1v) is 12.6. The van der Waals surface area contributed by atoms with Crippen LogP contribution >= 0.6 is 31.9 Å². The number of halogens is 2. The van der Waals surface area contributed by atoms with Gasteiger partial charge in [0.1, 0.15) is 0 Å². The monoisotopic (exact) mass is 492 g/mol. The third-order valence-corrected chi connectivity index (χ3v) is 10.8. The minimum atomic E-state index is -2.39. The van der Waals surface area contributed by atoms with E-state index in [4.69, 9.17) is 4.43 Å². The van der Waals surface area contributed by atoms with E-state index in [1.165, 1.54) is 16.8 Å². The highest BCUT2D eigenvalue weighted by Gasteiger charge is 2.51. The van der Waals surface area contributed by atoms with Gasteiger partial charge in [0.15, 0.2) is 0 Å². The van der Waals surface area contributed by atoms with Crippen molar-refractivity contribution >= 4 is 50.6 Å². The Balaban J connectivity index is 1.97. The Morgan fingerprint density at radius 2 is 1.50 bits per heavy atom. The van der Waals surface area contributed by atoms with Crippen LogP contribution in [0.4, 0.5) is 0 Å². The fraction of sp³-hybridized carbons (Fsp3) is 0.364. The molecule has 26 heavy (non-hydrogen) atoms. The Labute approximate surface area is 175 Å². The quantitative estimate of drug-likeness (QED) is 0.460. The van der Waals surface area contributed by atoms with Gasteiger partial charge in [-0.1, -0.05) is 87.5 Å². The molecule has 1 nitrogen and oxygen atoms in total. The summed E-state index contributed by atoms with van der Waals surface area (Å²) in [5.74, 6) is 1.23. The molecule has 0 bridgehead atoms. The predicted octanol–water partition coefficient (Wildman–Crippen LogP) is 5.83. The third-order valence-electron chi connectivity index (χ3n) is 5.25. The van der Waals surface area contributed by atoms with Crippen molar-refractivity contribution in [1.29, 1.82) is 0 Å².